The number of aromatic nitrogens is 1. The summed E-state index contributed by atoms with van der Waals surface area (Å²) in [5, 5.41) is 10.5. The molecule has 1 amide bonds. The van der Waals surface area contributed by atoms with Gasteiger partial charge in [-0.15, -0.1) is 0 Å². The van der Waals surface area contributed by atoms with E-state index in [0.29, 0.717) is 11.3 Å². The molecule has 0 bridgehead atoms. The van der Waals surface area contributed by atoms with E-state index in [1.807, 2.05) is 0 Å². The van der Waals surface area contributed by atoms with Crippen molar-refractivity contribution in [3.8, 4) is 0 Å². The first-order valence-electron chi connectivity index (χ1n) is 8.64. The number of carbonyl (C=O) groups excluding carboxylic acids is 2. The highest BCUT2D eigenvalue weighted by Gasteiger charge is 2.46. The number of halogens is 1. The number of rotatable bonds is 4. The monoisotopic (exact) mass is 368 g/mol. The number of carbonyl (C=O) groups is 2. The molecule has 0 saturated carbocycles. The van der Waals surface area contributed by atoms with Crippen molar-refractivity contribution in [2.75, 3.05) is 0 Å². The van der Waals surface area contributed by atoms with E-state index >= 15 is 0 Å². The van der Waals surface area contributed by atoms with Crippen LogP contribution in [0.2, 0.25) is 0 Å². The topological polar surface area (TPSA) is 70.5 Å². The zero-order valence-corrected chi connectivity index (χ0v) is 15.4. The Bertz CT molecular complexity index is 899. The molecule has 0 spiro atoms. The van der Waals surface area contributed by atoms with Gasteiger partial charge in [0, 0.05) is 11.6 Å². The van der Waals surface area contributed by atoms with Gasteiger partial charge in [0.2, 0.25) is 0 Å². The number of benzene rings is 1. The molecule has 3 rings (SSSR count). The molecule has 1 aliphatic heterocycles. The summed E-state index contributed by atoms with van der Waals surface area (Å²) in [6.07, 6.45) is 1.61. The number of amides is 1. The molecule has 0 aliphatic carbocycles. The molecule has 5 nitrogen and oxygen atoms in total. The van der Waals surface area contributed by atoms with Gasteiger partial charge in [0.25, 0.3) is 5.91 Å². The van der Waals surface area contributed by atoms with Crippen LogP contribution >= 0.6 is 0 Å². The van der Waals surface area contributed by atoms with Crippen molar-refractivity contribution in [3.05, 3.63) is 77.1 Å². The second-order valence-electron chi connectivity index (χ2n) is 7.55. The fraction of sp³-hybridized carbons (Fsp3) is 0.286. The summed E-state index contributed by atoms with van der Waals surface area (Å²) < 4.78 is 13.4. The van der Waals surface area contributed by atoms with E-state index in [2.05, 4.69) is 4.98 Å². The van der Waals surface area contributed by atoms with Crippen LogP contribution in [-0.4, -0.2) is 26.7 Å². The predicted molar refractivity (Wildman–Crippen MR) is 98.0 cm³/mol. The SMILES string of the molecule is CC(C)(C)C(=O)C1=C(O)C(=O)N(Cc2ccccn2)C1c1ccc(F)cc1. The largest absolute Gasteiger partial charge is 0.503 e. The number of Topliss-reactive ketones (excluding diaryl/α,β-unsaturated/α-hetero) is 1. The van der Waals surface area contributed by atoms with Gasteiger partial charge >= 0.3 is 0 Å². The molecule has 6 heteroatoms. The van der Waals surface area contributed by atoms with Crippen LogP contribution in [0.5, 0.6) is 0 Å². The van der Waals surface area contributed by atoms with E-state index in [1.54, 1.807) is 45.2 Å². The molecule has 27 heavy (non-hydrogen) atoms. The predicted octanol–water partition coefficient (Wildman–Crippen LogP) is 3.73. The Kier molecular flexibility index (Phi) is 4.83. The summed E-state index contributed by atoms with van der Waals surface area (Å²) in [5.41, 5.74) is 0.422. The van der Waals surface area contributed by atoms with Crippen molar-refractivity contribution in [3.63, 3.8) is 0 Å². The van der Waals surface area contributed by atoms with Crippen molar-refractivity contribution in [1.82, 2.24) is 9.88 Å². The molecule has 1 aromatic heterocycles. The highest BCUT2D eigenvalue weighted by Crippen LogP contribution is 2.41. The Labute approximate surface area is 157 Å². The zero-order valence-electron chi connectivity index (χ0n) is 15.4. The lowest BCUT2D eigenvalue weighted by Gasteiger charge is -2.28. The van der Waals surface area contributed by atoms with Crippen LogP contribution in [0.25, 0.3) is 0 Å². The highest BCUT2D eigenvalue weighted by atomic mass is 19.1. The van der Waals surface area contributed by atoms with E-state index in [4.69, 9.17) is 0 Å². The average Bonchev–Trinajstić information content (AvgIpc) is 2.87. The standard InChI is InChI=1S/C21H21FN2O3/c1-21(2,3)19(26)16-17(13-7-9-14(22)10-8-13)24(20(27)18(16)25)12-15-6-4-5-11-23-15/h4-11,17,25H,12H2,1-3H3. The van der Waals surface area contributed by atoms with Crippen molar-refractivity contribution < 1.29 is 19.1 Å². The molecule has 2 aromatic rings. The van der Waals surface area contributed by atoms with Gasteiger partial charge in [-0.1, -0.05) is 39.0 Å². The molecule has 0 saturated heterocycles. The van der Waals surface area contributed by atoms with Crippen LogP contribution in [0.15, 0.2) is 60.0 Å². The maximum absolute atomic E-state index is 13.4. The summed E-state index contributed by atoms with van der Waals surface area (Å²) in [7, 11) is 0. The van der Waals surface area contributed by atoms with Crippen LogP contribution in [0.4, 0.5) is 4.39 Å². The zero-order chi connectivity index (χ0) is 19.8. The normalized spacial score (nSPS) is 17.6. The Morgan fingerprint density at radius 3 is 2.41 bits per heavy atom. The molecule has 0 radical (unpaired) electrons. The van der Waals surface area contributed by atoms with Crippen molar-refractivity contribution in [2.45, 2.75) is 33.4 Å². The number of aliphatic hydroxyl groups is 1. The van der Waals surface area contributed by atoms with Crippen molar-refractivity contribution in [2.24, 2.45) is 5.41 Å². The van der Waals surface area contributed by atoms with Crippen LogP contribution < -0.4 is 0 Å². The molecule has 1 N–H and O–H groups in total. The van der Waals surface area contributed by atoms with E-state index in [-0.39, 0.29) is 17.9 Å². The van der Waals surface area contributed by atoms with E-state index in [1.165, 1.54) is 29.2 Å². The van der Waals surface area contributed by atoms with Crippen LogP contribution in [0.3, 0.4) is 0 Å². The lowest BCUT2D eigenvalue weighted by molar-refractivity contribution is -0.130. The molecule has 2 heterocycles. The number of pyridine rings is 1. The van der Waals surface area contributed by atoms with Gasteiger partial charge in [-0.3, -0.25) is 14.6 Å². The maximum Gasteiger partial charge on any atom is 0.290 e. The Hall–Kier alpha value is -3.02. The van der Waals surface area contributed by atoms with Gasteiger partial charge in [0.05, 0.1) is 23.9 Å². The summed E-state index contributed by atoms with van der Waals surface area (Å²) in [6, 6.07) is 10.1. The molecule has 1 unspecified atom stereocenters. The van der Waals surface area contributed by atoms with Crippen molar-refractivity contribution in [1.29, 1.82) is 0 Å². The van der Waals surface area contributed by atoms with Gasteiger partial charge in [0.1, 0.15) is 5.82 Å². The maximum atomic E-state index is 13.4. The average molecular weight is 368 g/mol. The summed E-state index contributed by atoms with van der Waals surface area (Å²) >= 11 is 0. The number of nitrogens with zero attached hydrogens (tertiary/aromatic N) is 2. The first-order valence-corrected chi connectivity index (χ1v) is 8.64. The fourth-order valence-electron chi connectivity index (χ4n) is 3.11. The van der Waals surface area contributed by atoms with Gasteiger partial charge < -0.3 is 10.0 Å². The summed E-state index contributed by atoms with van der Waals surface area (Å²) in [6.45, 7) is 5.29. The third-order valence-electron chi connectivity index (χ3n) is 4.47. The van der Waals surface area contributed by atoms with E-state index < -0.39 is 28.9 Å². The molecule has 0 fully saturated rings. The van der Waals surface area contributed by atoms with Gasteiger partial charge in [-0.05, 0) is 29.8 Å². The van der Waals surface area contributed by atoms with Crippen molar-refractivity contribution >= 4 is 11.7 Å². The van der Waals surface area contributed by atoms with E-state index in [9.17, 15) is 19.1 Å². The van der Waals surface area contributed by atoms with Gasteiger partial charge in [-0.25, -0.2) is 4.39 Å². The third-order valence-corrected chi connectivity index (χ3v) is 4.47. The minimum absolute atomic E-state index is 0.0371. The smallest absolute Gasteiger partial charge is 0.290 e. The number of hydrogen-bond acceptors (Lipinski definition) is 4. The minimum atomic E-state index is -0.799. The molecule has 1 aromatic carbocycles. The molecule has 1 atom stereocenters. The molecular weight excluding hydrogens is 347 g/mol. The third kappa shape index (κ3) is 3.60. The Morgan fingerprint density at radius 1 is 1.19 bits per heavy atom. The van der Waals surface area contributed by atoms with Gasteiger partial charge in [0.15, 0.2) is 11.5 Å². The number of hydrogen-bond donors (Lipinski definition) is 1. The quantitative estimate of drug-likeness (QED) is 0.893. The summed E-state index contributed by atoms with van der Waals surface area (Å²) in [5.74, 6) is -1.94. The lowest BCUT2D eigenvalue weighted by Crippen LogP contribution is -2.32. The van der Waals surface area contributed by atoms with Crippen LogP contribution in [0.1, 0.15) is 38.1 Å². The lowest BCUT2D eigenvalue weighted by atomic mass is 9.82. The minimum Gasteiger partial charge on any atom is -0.503 e. The Balaban J connectivity index is 2.09. The van der Waals surface area contributed by atoms with Gasteiger partial charge in [-0.2, -0.15) is 0 Å². The summed E-state index contributed by atoms with van der Waals surface area (Å²) in [4.78, 5) is 31.4. The molecule has 1 aliphatic rings. The molecular formula is C21H21FN2O3. The first-order chi connectivity index (χ1) is 12.7. The first kappa shape index (κ1) is 18.8. The number of aliphatic hydroxyl groups excluding tert-OH is 1. The Morgan fingerprint density at radius 2 is 1.85 bits per heavy atom. The van der Waals surface area contributed by atoms with E-state index in [0.717, 1.165) is 0 Å². The second kappa shape index (κ2) is 6.95. The second-order valence-corrected chi connectivity index (χ2v) is 7.55. The number of ketones is 1. The fourth-order valence-corrected chi connectivity index (χ4v) is 3.11. The molecule has 140 valence electrons. The van der Waals surface area contributed by atoms with Crippen LogP contribution in [-0.2, 0) is 16.1 Å². The van der Waals surface area contributed by atoms with Crippen LogP contribution in [0, 0.1) is 11.2 Å². The highest BCUT2D eigenvalue weighted by molar-refractivity contribution is 6.10.